The lowest BCUT2D eigenvalue weighted by atomic mass is 10.1. The van der Waals surface area contributed by atoms with Gasteiger partial charge < -0.3 is 15.3 Å². The normalized spacial score (nSPS) is 11.6. The van der Waals surface area contributed by atoms with E-state index in [-0.39, 0.29) is 29.6 Å². The van der Waals surface area contributed by atoms with Crippen molar-refractivity contribution in [2.75, 3.05) is 13.1 Å². The van der Waals surface area contributed by atoms with Crippen molar-refractivity contribution in [3.05, 3.63) is 34.9 Å². The summed E-state index contributed by atoms with van der Waals surface area (Å²) in [5, 5.41) is 11.9. The van der Waals surface area contributed by atoms with Gasteiger partial charge in [-0.05, 0) is 19.1 Å². The van der Waals surface area contributed by atoms with E-state index in [1.165, 1.54) is 24.8 Å². The van der Waals surface area contributed by atoms with Gasteiger partial charge in [-0.3, -0.25) is 9.59 Å². The molecule has 0 aromatic heterocycles. The molecule has 0 aliphatic rings. The van der Waals surface area contributed by atoms with Crippen LogP contribution in [-0.4, -0.2) is 46.9 Å². The van der Waals surface area contributed by atoms with Gasteiger partial charge in [0, 0.05) is 20.0 Å². The fourth-order valence-corrected chi connectivity index (χ4v) is 1.96. The molecule has 21 heavy (non-hydrogen) atoms. The first-order valence-corrected chi connectivity index (χ1v) is 6.75. The Morgan fingerprint density at radius 1 is 1.33 bits per heavy atom. The maximum Gasteiger partial charge on any atom is 0.326 e. The smallest absolute Gasteiger partial charge is 0.326 e. The third-order valence-corrected chi connectivity index (χ3v) is 3.25. The van der Waals surface area contributed by atoms with Crippen molar-refractivity contribution in [3.63, 3.8) is 0 Å². The number of nitrogens with zero attached hydrogens (tertiary/aromatic N) is 1. The minimum Gasteiger partial charge on any atom is -0.480 e. The number of benzene rings is 1. The number of carbonyl (C=O) groups excluding carboxylic acids is 2. The molecule has 0 fully saturated rings. The molecule has 0 spiro atoms. The lowest BCUT2D eigenvalue weighted by molar-refractivity contribution is -0.141. The van der Waals surface area contributed by atoms with Gasteiger partial charge in [-0.1, -0.05) is 23.7 Å². The molecular weight excluding hydrogens is 296 g/mol. The zero-order chi connectivity index (χ0) is 16.0. The van der Waals surface area contributed by atoms with Gasteiger partial charge in [-0.2, -0.15) is 0 Å². The van der Waals surface area contributed by atoms with Gasteiger partial charge >= 0.3 is 5.97 Å². The maximum absolute atomic E-state index is 12.5. The standard InChI is InChI=1S/C14H17ClN2O4/c1-9(14(20)21)17(8-7-16-10(2)18)13(19)11-5-3-4-6-12(11)15/h3-6,9H,7-8H2,1-2H3,(H,16,18)(H,20,21). The van der Waals surface area contributed by atoms with E-state index in [0.717, 1.165) is 0 Å². The van der Waals surface area contributed by atoms with Crippen molar-refractivity contribution >= 4 is 29.4 Å². The Balaban J connectivity index is 2.95. The first-order valence-electron chi connectivity index (χ1n) is 6.37. The number of amides is 2. The molecule has 0 heterocycles. The van der Waals surface area contributed by atoms with Crippen molar-refractivity contribution in [1.29, 1.82) is 0 Å². The fraction of sp³-hybridized carbons (Fsp3) is 0.357. The summed E-state index contributed by atoms with van der Waals surface area (Å²) in [5.74, 6) is -1.86. The highest BCUT2D eigenvalue weighted by molar-refractivity contribution is 6.33. The van der Waals surface area contributed by atoms with Gasteiger partial charge in [0.1, 0.15) is 6.04 Å². The molecule has 0 aliphatic heterocycles. The monoisotopic (exact) mass is 312 g/mol. The maximum atomic E-state index is 12.5. The molecule has 1 unspecified atom stereocenters. The Morgan fingerprint density at radius 3 is 2.48 bits per heavy atom. The lowest BCUT2D eigenvalue weighted by Crippen LogP contribution is -2.46. The van der Waals surface area contributed by atoms with Crippen LogP contribution in [0, 0.1) is 0 Å². The van der Waals surface area contributed by atoms with Crippen LogP contribution in [0.1, 0.15) is 24.2 Å². The molecule has 0 saturated carbocycles. The minimum atomic E-state index is -1.13. The van der Waals surface area contributed by atoms with E-state index in [4.69, 9.17) is 16.7 Å². The summed E-state index contributed by atoms with van der Waals surface area (Å²) in [4.78, 5) is 35.6. The molecule has 1 aromatic carbocycles. The van der Waals surface area contributed by atoms with Crippen molar-refractivity contribution in [2.45, 2.75) is 19.9 Å². The van der Waals surface area contributed by atoms with Crippen LogP contribution in [0.3, 0.4) is 0 Å². The van der Waals surface area contributed by atoms with Gasteiger partial charge in [-0.15, -0.1) is 0 Å². The highest BCUT2D eigenvalue weighted by atomic mass is 35.5. The number of carbonyl (C=O) groups is 3. The van der Waals surface area contributed by atoms with Crippen LogP contribution in [0.4, 0.5) is 0 Å². The number of hydrogen-bond donors (Lipinski definition) is 2. The molecule has 0 aliphatic carbocycles. The molecule has 1 atom stereocenters. The summed E-state index contributed by atoms with van der Waals surface area (Å²) in [6, 6.07) is 5.40. The topological polar surface area (TPSA) is 86.7 Å². The van der Waals surface area contributed by atoms with Crippen LogP contribution in [-0.2, 0) is 9.59 Å². The number of nitrogens with one attached hydrogen (secondary N) is 1. The number of rotatable bonds is 6. The average Bonchev–Trinajstić information content (AvgIpc) is 2.42. The number of carboxylic acid groups (broad SMARTS) is 1. The van der Waals surface area contributed by atoms with E-state index < -0.39 is 17.9 Å². The quantitative estimate of drug-likeness (QED) is 0.831. The van der Waals surface area contributed by atoms with Crippen molar-refractivity contribution in [3.8, 4) is 0 Å². The van der Waals surface area contributed by atoms with Crippen LogP contribution in [0.5, 0.6) is 0 Å². The van der Waals surface area contributed by atoms with Crippen molar-refractivity contribution in [2.24, 2.45) is 0 Å². The van der Waals surface area contributed by atoms with Crippen LogP contribution in [0.25, 0.3) is 0 Å². The Hall–Kier alpha value is -2.08. The summed E-state index contributed by atoms with van der Waals surface area (Å²) in [7, 11) is 0. The SMILES string of the molecule is CC(=O)NCCN(C(=O)c1ccccc1Cl)C(C)C(=O)O. The van der Waals surface area contributed by atoms with Crippen LogP contribution < -0.4 is 5.32 Å². The molecule has 1 rings (SSSR count). The van der Waals surface area contributed by atoms with E-state index in [9.17, 15) is 14.4 Å². The molecule has 2 N–H and O–H groups in total. The number of aliphatic carboxylic acids is 1. The second kappa shape index (κ2) is 7.64. The average molecular weight is 313 g/mol. The Bertz CT molecular complexity index is 548. The number of hydrogen-bond acceptors (Lipinski definition) is 3. The van der Waals surface area contributed by atoms with Gasteiger partial charge in [0.05, 0.1) is 10.6 Å². The molecule has 0 bridgehead atoms. The lowest BCUT2D eigenvalue weighted by Gasteiger charge is -2.27. The van der Waals surface area contributed by atoms with E-state index >= 15 is 0 Å². The summed E-state index contributed by atoms with van der Waals surface area (Å²) < 4.78 is 0. The second-order valence-electron chi connectivity index (χ2n) is 4.48. The van der Waals surface area contributed by atoms with Crippen LogP contribution in [0.2, 0.25) is 5.02 Å². The first-order chi connectivity index (χ1) is 9.84. The number of carboxylic acids is 1. The van der Waals surface area contributed by atoms with Crippen LogP contribution >= 0.6 is 11.6 Å². The highest BCUT2D eigenvalue weighted by Crippen LogP contribution is 2.18. The molecule has 114 valence electrons. The largest absolute Gasteiger partial charge is 0.480 e. The van der Waals surface area contributed by atoms with E-state index in [2.05, 4.69) is 5.32 Å². The van der Waals surface area contributed by atoms with Crippen molar-refractivity contribution in [1.82, 2.24) is 10.2 Å². The minimum absolute atomic E-state index is 0.0805. The van der Waals surface area contributed by atoms with Gasteiger partial charge in [-0.25, -0.2) is 4.79 Å². The van der Waals surface area contributed by atoms with Gasteiger partial charge in [0.25, 0.3) is 5.91 Å². The molecular formula is C14H17ClN2O4. The molecule has 6 nitrogen and oxygen atoms in total. The number of halogens is 1. The predicted molar refractivity (Wildman–Crippen MR) is 78.3 cm³/mol. The zero-order valence-electron chi connectivity index (χ0n) is 11.8. The summed E-state index contributed by atoms with van der Waals surface area (Å²) in [6.07, 6.45) is 0. The third kappa shape index (κ3) is 4.75. The van der Waals surface area contributed by atoms with E-state index in [0.29, 0.717) is 0 Å². The summed E-state index contributed by atoms with van der Waals surface area (Å²) >= 11 is 5.97. The first kappa shape index (κ1) is 17.0. The van der Waals surface area contributed by atoms with Gasteiger partial charge in [0.2, 0.25) is 5.91 Å². The molecule has 0 radical (unpaired) electrons. The summed E-state index contributed by atoms with van der Waals surface area (Å²) in [5.41, 5.74) is 0.232. The summed E-state index contributed by atoms with van der Waals surface area (Å²) in [6.45, 7) is 3.01. The Kier molecular flexibility index (Phi) is 6.17. The predicted octanol–water partition coefficient (Wildman–Crippen LogP) is 1.39. The molecule has 2 amide bonds. The molecule has 1 aromatic rings. The fourth-order valence-electron chi connectivity index (χ4n) is 1.75. The Labute approximate surface area is 127 Å². The highest BCUT2D eigenvalue weighted by Gasteiger charge is 2.27. The molecule has 7 heteroatoms. The van der Waals surface area contributed by atoms with E-state index in [1.54, 1.807) is 18.2 Å². The second-order valence-corrected chi connectivity index (χ2v) is 4.88. The Morgan fingerprint density at radius 2 is 1.95 bits per heavy atom. The molecule has 0 saturated heterocycles. The zero-order valence-corrected chi connectivity index (χ0v) is 12.6. The third-order valence-electron chi connectivity index (χ3n) is 2.92. The van der Waals surface area contributed by atoms with E-state index in [1.807, 2.05) is 0 Å². The van der Waals surface area contributed by atoms with Gasteiger partial charge in [0.15, 0.2) is 0 Å². The van der Waals surface area contributed by atoms with Crippen LogP contribution in [0.15, 0.2) is 24.3 Å². The van der Waals surface area contributed by atoms with Crippen molar-refractivity contribution < 1.29 is 19.5 Å².